The number of H-pyrrole nitrogens is 1. The van der Waals surface area contributed by atoms with Gasteiger partial charge in [-0.25, -0.2) is 14.8 Å². The van der Waals surface area contributed by atoms with Gasteiger partial charge < -0.3 is 20.0 Å². The molecule has 3 N–H and O–H groups in total. The number of aromatic nitrogens is 4. The summed E-state index contributed by atoms with van der Waals surface area (Å²) in [7, 11) is 1.91. The summed E-state index contributed by atoms with van der Waals surface area (Å²) in [5.74, 6) is 0.840. The second kappa shape index (κ2) is 5.45. The number of aromatic amines is 1. The molecule has 1 unspecified atom stereocenters. The van der Waals surface area contributed by atoms with Gasteiger partial charge in [0, 0.05) is 26.6 Å². The predicted molar refractivity (Wildman–Crippen MR) is 89.2 cm³/mol. The van der Waals surface area contributed by atoms with Crippen molar-refractivity contribution in [2.24, 2.45) is 7.05 Å². The van der Waals surface area contributed by atoms with Gasteiger partial charge in [0.05, 0.1) is 33.9 Å². The number of carboxylic acids is 1. The fraction of sp³-hybridized carbons (Fsp3) is 0.353. The van der Waals surface area contributed by atoms with Crippen molar-refractivity contribution in [2.75, 3.05) is 6.54 Å². The summed E-state index contributed by atoms with van der Waals surface area (Å²) in [5.41, 5.74) is 4.15. The number of hydrogen-bond donors (Lipinski definition) is 3. The van der Waals surface area contributed by atoms with E-state index in [9.17, 15) is 9.90 Å². The van der Waals surface area contributed by atoms with Crippen LogP contribution in [0, 0.1) is 0 Å². The Balaban J connectivity index is 1.76. The van der Waals surface area contributed by atoms with Crippen molar-refractivity contribution in [3.63, 3.8) is 0 Å². The summed E-state index contributed by atoms with van der Waals surface area (Å²) in [5, 5.41) is 12.5. The number of benzene rings is 1. The molecule has 0 amide bonds. The first-order valence-electron chi connectivity index (χ1n) is 8.02. The van der Waals surface area contributed by atoms with Crippen LogP contribution in [-0.2, 0) is 20.0 Å². The van der Waals surface area contributed by atoms with Crippen molar-refractivity contribution in [1.29, 1.82) is 0 Å². The largest absolute Gasteiger partial charge is 0.478 e. The molecule has 0 fully saturated rings. The molecule has 0 saturated carbocycles. The quantitative estimate of drug-likeness (QED) is 0.682. The van der Waals surface area contributed by atoms with E-state index >= 15 is 0 Å². The van der Waals surface area contributed by atoms with Crippen LogP contribution in [-0.4, -0.2) is 37.1 Å². The Kier molecular flexibility index (Phi) is 3.38. The Morgan fingerprint density at radius 1 is 1.38 bits per heavy atom. The molecule has 7 nitrogen and oxygen atoms in total. The van der Waals surface area contributed by atoms with Gasteiger partial charge in [-0.05, 0) is 25.1 Å². The van der Waals surface area contributed by atoms with Gasteiger partial charge in [-0.2, -0.15) is 0 Å². The number of imidazole rings is 2. The molecular weight excluding hydrogens is 306 g/mol. The zero-order chi connectivity index (χ0) is 16.8. The van der Waals surface area contributed by atoms with Crippen molar-refractivity contribution < 1.29 is 9.90 Å². The second-order valence-electron chi connectivity index (χ2n) is 6.23. The summed E-state index contributed by atoms with van der Waals surface area (Å²) in [6.07, 6.45) is 0.934. The van der Waals surface area contributed by atoms with Gasteiger partial charge in [-0.15, -0.1) is 0 Å². The molecule has 1 aliphatic heterocycles. The number of carboxylic acid groups (broad SMARTS) is 1. The highest BCUT2D eigenvalue weighted by Crippen LogP contribution is 2.27. The van der Waals surface area contributed by atoms with Gasteiger partial charge in [0.25, 0.3) is 0 Å². The molecule has 3 heterocycles. The van der Waals surface area contributed by atoms with Gasteiger partial charge in [0.1, 0.15) is 11.6 Å². The van der Waals surface area contributed by atoms with Crippen LogP contribution in [0.25, 0.3) is 11.0 Å². The summed E-state index contributed by atoms with van der Waals surface area (Å²) in [6.45, 7) is 3.84. The van der Waals surface area contributed by atoms with Crippen LogP contribution in [0.2, 0.25) is 0 Å². The Hall–Kier alpha value is -2.67. The van der Waals surface area contributed by atoms with E-state index in [4.69, 9.17) is 4.98 Å². The molecule has 0 radical (unpaired) electrons. The number of aromatic carboxylic acids is 1. The minimum Gasteiger partial charge on any atom is -0.478 e. The van der Waals surface area contributed by atoms with E-state index in [1.807, 2.05) is 11.6 Å². The first-order valence-corrected chi connectivity index (χ1v) is 8.02. The maximum atomic E-state index is 11.2. The lowest BCUT2D eigenvalue weighted by atomic mass is 10.1. The Morgan fingerprint density at radius 2 is 2.21 bits per heavy atom. The van der Waals surface area contributed by atoms with Crippen molar-refractivity contribution in [3.8, 4) is 0 Å². The molecule has 7 heteroatoms. The molecule has 3 aromatic rings. The van der Waals surface area contributed by atoms with Crippen molar-refractivity contribution in [1.82, 2.24) is 24.8 Å². The minimum atomic E-state index is -0.932. The summed E-state index contributed by atoms with van der Waals surface area (Å²) in [4.78, 5) is 24.0. The third-order valence-corrected chi connectivity index (χ3v) is 4.68. The van der Waals surface area contributed by atoms with Gasteiger partial charge in [-0.1, -0.05) is 0 Å². The van der Waals surface area contributed by atoms with Crippen molar-refractivity contribution in [2.45, 2.75) is 25.8 Å². The molecule has 0 spiro atoms. The van der Waals surface area contributed by atoms with Gasteiger partial charge in [0.2, 0.25) is 0 Å². The minimum absolute atomic E-state index is 0.00118. The smallest absolute Gasteiger partial charge is 0.335 e. The lowest BCUT2D eigenvalue weighted by Gasteiger charge is -2.09. The molecule has 24 heavy (non-hydrogen) atoms. The Labute approximate surface area is 138 Å². The first kappa shape index (κ1) is 14.9. The Morgan fingerprint density at radius 3 is 2.96 bits per heavy atom. The second-order valence-corrected chi connectivity index (χ2v) is 6.23. The van der Waals surface area contributed by atoms with E-state index in [2.05, 4.69) is 22.2 Å². The highest BCUT2D eigenvalue weighted by atomic mass is 16.4. The number of fused-ring (bicyclic) bond motifs is 2. The molecule has 4 rings (SSSR count). The highest BCUT2D eigenvalue weighted by Gasteiger charge is 2.22. The van der Waals surface area contributed by atoms with E-state index in [-0.39, 0.29) is 11.5 Å². The van der Waals surface area contributed by atoms with E-state index in [0.717, 1.165) is 53.6 Å². The highest BCUT2D eigenvalue weighted by molar-refractivity contribution is 5.92. The van der Waals surface area contributed by atoms with Crippen LogP contribution in [0.5, 0.6) is 0 Å². The molecule has 124 valence electrons. The van der Waals surface area contributed by atoms with Gasteiger partial charge in [-0.3, -0.25) is 0 Å². The standard InChI is InChI=1S/C17H19N5O2/c1-9(15-19-11-5-6-18-8-13(11)20-15)16-21-12-4-3-10(17(23)24)7-14(12)22(16)2/h3-4,7,9,18H,5-6,8H2,1-2H3,(H,19,20)(H,23,24). The van der Waals surface area contributed by atoms with Crippen molar-refractivity contribution >= 4 is 17.0 Å². The average molecular weight is 325 g/mol. The summed E-state index contributed by atoms with van der Waals surface area (Å²) >= 11 is 0. The van der Waals surface area contributed by atoms with Crippen molar-refractivity contribution in [3.05, 3.63) is 46.8 Å². The number of rotatable bonds is 3. The molecule has 0 saturated heterocycles. The van der Waals surface area contributed by atoms with Crippen LogP contribution in [0.15, 0.2) is 18.2 Å². The summed E-state index contributed by atoms with van der Waals surface area (Å²) < 4.78 is 1.95. The summed E-state index contributed by atoms with van der Waals surface area (Å²) in [6, 6.07) is 5.01. The van der Waals surface area contributed by atoms with Crippen LogP contribution >= 0.6 is 0 Å². The van der Waals surface area contributed by atoms with E-state index in [1.54, 1.807) is 18.2 Å². The molecule has 2 aromatic heterocycles. The normalized spacial score (nSPS) is 15.4. The average Bonchev–Trinajstić information content (AvgIpc) is 3.15. The zero-order valence-electron chi connectivity index (χ0n) is 13.6. The lowest BCUT2D eigenvalue weighted by molar-refractivity contribution is 0.0697. The molecule has 0 bridgehead atoms. The molecule has 0 aliphatic carbocycles. The van der Waals surface area contributed by atoms with Gasteiger partial charge >= 0.3 is 5.97 Å². The van der Waals surface area contributed by atoms with Crippen LogP contribution in [0.3, 0.4) is 0 Å². The number of carbonyl (C=O) groups is 1. The number of nitrogens with one attached hydrogen (secondary N) is 2. The maximum absolute atomic E-state index is 11.2. The van der Waals surface area contributed by atoms with Crippen LogP contribution in [0.4, 0.5) is 0 Å². The molecule has 1 atom stereocenters. The molecule has 1 aliphatic rings. The van der Waals surface area contributed by atoms with E-state index < -0.39 is 5.97 Å². The lowest BCUT2D eigenvalue weighted by Crippen LogP contribution is -2.23. The zero-order valence-corrected chi connectivity index (χ0v) is 13.6. The maximum Gasteiger partial charge on any atom is 0.335 e. The monoisotopic (exact) mass is 325 g/mol. The SMILES string of the molecule is CC(c1nc2c([nH]1)CNCC2)c1nc2ccc(C(=O)O)cc2n1C. The van der Waals surface area contributed by atoms with E-state index in [1.165, 1.54) is 0 Å². The van der Waals surface area contributed by atoms with E-state index in [0.29, 0.717) is 0 Å². The number of nitrogens with zero attached hydrogens (tertiary/aromatic N) is 3. The Bertz CT molecular complexity index is 917. The molecular formula is C17H19N5O2. The molecule has 1 aromatic carbocycles. The topological polar surface area (TPSA) is 95.8 Å². The number of hydrogen-bond acceptors (Lipinski definition) is 4. The third-order valence-electron chi connectivity index (χ3n) is 4.68. The third kappa shape index (κ3) is 2.28. The number of aryl methyl sites for hydroxylation is 1. The van der Waals surface area contributed by atoms with Crippen LogP contribution in [0.1, 0.15) is 46.2 Å². The first-order chi connectivity index (χ1) is 11.5. The fourth-order valence-electron chi connectivity index (χ4n) is 3.30. The van der Waals surface area contributed by atoms with Crippen LogP contribution < -0.4 is 5.32 Å². The fourth-order valence-corrected chi connectivity index (χ4v) is 3.30. The predicted octanol–water partition coefficient (Wildman–Crippen LogP) is 1.79. The van der Waals surface area contributed by atoms with Gasteiger partial charge in [0.15, 0.2) is 0 Å².